The zero-order valence-electron chi connectivity index (χ0n) is 11.7. The molecule has 2 aromatic rings. The van der Waals surface area contributed by atoms with E-state index in [2.05, 4.69) is 25.8 Å². The lowest BCUT2D eigenvalue weighted by Gasteiger charge is -2.13. The van der Waals surface area contributed by atoms with Gasteiger partial charge in [-0.3, -0.25) is 0 Å². The molecule has 0 atom stereocenters. The van der Waals surface area contributed by atoms with Gasteiger partial charge in [0.1, 0.15) is 17.9 Å². The summed E-state index contributed by atoms with van der Waals surface area (Å²) in [7, 11) is 0. The van der Waals surface area contributed by atoms with Gasteiger partial charge in [-0.25, -0.2) is 9.78 Å². The van der Waals surface area contributed by atoms with Crippen molar-refractivity contribution in [2.75, 3.05) is 0 Å². The zero-order valence-corrected chi connectivity index (χ0v) is 12.5. The number of para-hydroxylation sites is 1. The van der Waals surface area contributed by atoms with E-state index >= 15 is 0 Å². The number of carboxylic acid groups (broad SMARTS) is 1. The topological polar surface area (TPSA) is 59.4 Å². The van der Waals surface area contributed by atoms with Gasteiger partial charge in [-0.2, -0.15) is 0 Å². The predicted molar refractivity (Wildman–Crippen MR) is 78.5 cm³/mol. The number of hydrogen-bond acceptors (Lipinski definition) is 4. The smallest absolute Gasteiger partial charge is 0.339 e. The number of benzene rings is 1. The summed E-state index contributed by atoms with van der Waals surface area (Å²) in [4.78, 5) is 15.6. The first-order valence-electron chi connectivity index (χ1n) is 6.28. The molecular weight excluding hydrogens is 274 g/mol. The number of hydrogen-bond donors (Lipinski definition) is 1. The zero-order chi connectivity index (χ0) is 14.8. The summed E-state index contributed by atoms with van der Waals surface area (Å²) in [6, 6.07) is 6.61. The van der Waals surface area contributed by atoms with Crippen molar-refractivity contribution >= 4 is 17.3 Å². The second-order valence-electron chi connectivity index (χ2n) is 5.48. The van der Waals surface area contributed by atoms with Crippen LogP contribution in [0.25, 0.3) is 0 Å². The monoisotopic (exact) mass is 291 g/mol. The molecule has 0 aliphatic heterocycles. The van der Waals surface area contributed by atoms with Gasteiger partial charge >= 0.3 is 5.97 Å². The summed E-state index contributed by atoms with van der Waals surface area (Å²) in [5.74, 6) is -0.625. The Balaban J connectivity index is 2.10. The molecule has 4 nitrogen and oxygen atoms in total. The highest BCUT2D eigenvalue weighted by Crippen LogP contribution is 2.26. The Bertz CT molecular complexity index is 614. The van der Waals surface area contributed by atoms with Crippen LogP contribution in [-0.2, 0) is 12.0 Å². The number of carboxylic acids is 1. The predicted octanol–water partition coefficient (Wildman–Crippen LogP) is 3.72. The molecule has 1 N–H and O–H groups in total. The number of carbonyl (C=O) groups is 1. The molecule has 2 rings (SSSR count). The van der Waals surface area contributed by atoms with Crippen LogP contribution in [0.2, 0.25) is 0 Å². The van der Waals surface area contributed by atoms with Crippen molar-refractivity contribution in [3.8, 4) is 5.75 Å². The lowest BCUT2D eigenvalue weighted by Crippen LogP contribution is -2.11. The molecule has 0 saturated carbocycles. The third-order valence-electron chi connectivity index (χ3n) is 2.69. The maximum Gasteiger partial charge on any atom is 0.339 e. The molecule has 0 aliphatic carbocycles. The van der Waals surface area contributed by atoms with Crippen LogP contribution in [0.15, 0.2) is 29.6 Å². The van der Waals surface area contributed by atoms with Crippen molar-refractivity contribution in [3.05, 3.63) is 45.9 Å². The molecule has 0 saturated heterocycles. The van der Waals surface area contributed by atoms with Crippen molar-refractivity contribution in [2.24, 2.45) is 0 Å². The normalized spacial score (nSPS) is 11.3. The Morgan fingerprint density at radius 3 is 2.65 bits per heavy atom. The standard InChI is InChI=1S/C15H17NO3S/c1-15(2,3)14-16-10(9-20-14)8-19-12-7-5-4-6-11(12)13(17)18/h4-7,9H,8H2,1-3H3,(H,17,18). The van der Waals surface area contributed by atoms with Crippen LogP contribution in [-0.4, -0.2) is 16.1 Å². The second kappa shape index (κ2) is 5.63. The molecule has 1 heterocycles. The van der Waals surface area contributed by atoms with Crippen LogP contribution in [0.5, 0.6) is 5.75 Å². The first kappa shape index (κ1) is 14.5. The number of rotatable bonds is 4. The molecule has 0 amide bonds. The highest BCUT2D eigenvalue weighted by Gasteiger charge is 2.18. The van der Waals surface area contributed by atoms with Crippen molar-refractivity contribution in [2.45, 2.75) is 32.8 Å². The Morgan fingerprint density at radius 1 is 1.35 bits per heavy atom. The summed E-state index contributed by atoms with van der Waals surface area (Å²) < 4.78 is 5.57. The fraction of sp³-hybridized carbons (Fsp3) is 0.333. The molecule has 0 fully saturated rings. The van der Waals surface area contributed by atoms with E-state index < -0.39 is 5.97 Å². The Kier molecular flexibility index (Phi) is 4.09. The van der Waals surface area contributed by atoms with Gasteiger partial charge in [0.15, 0.2) is 0 Å². The number of aromatic carboxylic acids is 1. The van der Waals surface area contributed by atoms with Crippen molar-refractivity contribution in [3.63, 3.8) is 0 Å². The van der Waals surface area contributed by atoms with Crippen molar-refractivity contribution in [1.82, 2.24) is 4.98 Å². The molecule has 0 unspecified atom stereocenters. The third-order valence-corrected chi connectivity index (χ3v) is 4.00. The number of thiazole rings is 1. The van der Waals surface area contributed by atoms with Crippen LogP contribution < -0.4 is 4.74 Å². The second-order valence-corrected chi connectivity index (χ2v) is 6.34. The average molecular weight is 291 g/mol. The molecule has 0 spiro atoms. The van der Waals surface area contributed by atoms with E-state index in [-0.39, 0.29) is 17.6 Å². The van der Waals surface area contributed by atoms with Crippen LogP contribution in [0, 0.1) is 0 Å². The highest BCUT2D eigenvalue weighted by molar-refractivity contribution is 7.09. The van der Waals surface area contributed by atoms with Gasteiger partial charge in [-0.15, -0.1) is 11.3 Å². The molecule has 0 radical (unpaired) electrons. The van der Waals surface area contributed by atoms with E-state index in [4.69, 9.17) is 9.84 Å². The first-order valence-corrected chi connectivity index (χ1v) is 7.16. The Hall–Kier alpha value is -1.88. The van der Waals surface area contributed by atoms with Crippen molar-refractivity contribution in [1.29, 1.82) is 0 Å². The Labute approximate surface area is 122 Å². The fourth-order valence-corrected chi connectivity index (χ4v) is 2.53. The van der Waals surface area contributed by atoms with Gasteiger partial charge in [-0.1, -0.05) is 32.9 Å². The summed E-state index contributed by atoms with van der Waals surface area (Å²) >= 11 is 1.59. The van der Waals surface area contributed by atoms with Crippen LogP contribution in [0.3, 0.4) is 0 Å². The molecule has 106 valence electrons. The van der Waals surface area contributed by atoms with Gasteiger partial charge < -0.3 is 9.84 Å². The number of aromatic nitrogens is 1. The molecule has 5 heteroatoms. The minimum Gasteiger partial charge on any atom is -0.486 e. The van der Waals surface area contributed by atoms with E-state index in [1.165, 1.54) is 6.07 Å². The van der Waals surface area contributed by atoms with Gasteiger partial charge in [0.25, 0.3) is 0 Å². The van der Waals surface area contributed by atoms with Crippen molar-refractivity contribution < 1.29 is 14.6 Å². The van der Waals surface area contributed by atoms with E-state index in [9.17, 15) is 4.79 Å². The van der Waals surface area contributed by atoms with Crippen LogP contribution in [0.1, 0.15) is 41.8 Å². The summed E-state index contributed by atoms with van der Waals surface area (Å²) in [5.41, 5.74) is 1.00. The maximum atomic E-state index is 11.1. The molecule has 0 aliphatic rings. The van der Waals surface area contributed by atoms with E-state index in [1.807, 2.05) is 5.38 Å². The summed E-state index contributed by atoms with van der Waals surface area (Å²) in [5, 5.41) is 12.1. The fourth-order valence-electron chi connectivity index (χ4n) is 1.64. The Morgan fingerprint density at radius 2 is 2.05 bits per heavy atom. The number of nitrogens with zero attached hydrogens (tertiary/aromatic N) is 1. The van der Waals surface area contributed by atoms with E-state index in [1.54, 1.807) is 29.5 Å². The van der Waals surface area contributed by atoms with Crippen LogP contribution >= 0.6 is 11.3 Å². The molecule has 1 aromatic carbocycles. The summed E-state index contributed by atoms with van der Waals surface area (Å²) in [6.07, 6.45) is 0. The first-order chi connectivity index (χ1) is 9.38. The largest absolute Gasteiger partial charge is 0.486 e. The minimum absolute atomic E-state index is 0.0158. The van der Waals surface area contributed by atoms with Gasteiger partial charge in [0.2, 0.25) is 0 Å². The molecule has 20 heavy (non-hydrogen) atoms. The van der Waals surface area contributed by atoms with Gasteiger partial charge in [0, 0.05) is 10.8 Å². The molecule has 0 bridgehead atoms. The lowest BCUT2D eigenvalue weighted by atomic mass is 9.98. The van der Waals surface area contributed by atoms with Crippen LogP contribution in [0.4, 0.5) is 0 Å². The quantitative estimate of drug-likeness (QED) is 0.932. The number of ether oxygens (including phenoxy) is 1. The molecular formula is C15H17NO3S. The average Bonchev–Trinajstić information content (AvgIpc) is 2.85. The van der Waals surface area contributed by atoms with E-state index in [0.29, 0.717) is 5.75 Å². The SMILES string of the molecule is CC(C)(C)c1nc(COc2ccccc2C(=O)O)cs1. The highest BCUT2D eigenvalue weighted by atomic mass is 32.1. The van der Waals surface area contributed by atoms with Gasteiger partial charge in [-0.05, 0) is 12.1 Å². The third kappa shape index (κ3) is 3.36. The summed E-state index contributed by atoms with van der Waals surface area (Å²) in [6.45, 7) is 6.60. The van der Waals surface area contributed by atoms with Gasteiger partial charge in [0.05, 0.1) is 10.7 Å². The lowest BCUT2D eigenvalue weighted by molar-refractivity contribution is 0.0691. The molecule has 1 aromatic heterocycles. The minimum atomic E-state index is -0.991. The maximum absolute atomic E-state index is 11.1. The van der Waals surface area contributed by atoms with E-state index in [0.717, 1.165) is 10.7 Å².